The second-order valence-corrected chi connectivity index (χ2v) is 3.87. The Kier molecular flexibility index (Phi) is 2.84. The Bertz CT molecular complexity index is 261. The van der Waals surface area contributed by atoms with Gasteiger partial charge in [-0.3, -0.25) is 4.79 Å². The molecule has 4 heteroatoms. The molecular weight excluding hydrogens is 180 g/mol. The highest BCUT2D eigenvalue weighted by Crippen LogP contribution is 2.10. The van der Waals surface area contributed by atoms with E-state index in [0.717, 1.165) is 31.7 Å². The number of carbonyl (C=O) groups excluding carboxylic acids is 1. The molecule has 0 bridgehead atoms. The zero-order chi connectivity index (χ0) is 9.97. The van der Waals surface area contributed by atoms with Gasteiger partial charge in [-0.1, -0.05) is 0 Å². The number of hydrogen-bond acceptors (Lipinski definition) is 3. The van der Waals surface area contributed by atoms with Gasteiger partial charge in [0.25, 0.3) is 0 Å². The van der Waals surface area contributed by atoms with E-state index in [0.29, 0.717) is 6.61 Å². The van der Waals surface area contributed by atoms with E-state index in [2.05, 4.69) is 10.6 Å². The van der Waals surface area contributed by atoms with Crippen LogP contribution in [-0.4, -0.2) is 38.3 Å². The molecule has 78 valence electrons. The van der Waals surface area contributed by atoms with Crippen LogP contribution in [0, 0.1) is 0 Å². The predicted molar refractivity (Wildman–Crippen MR) is 52.9 cm³/mol. The zero-order valence-corrected chi connectivity index (χ0v) is 8.43. The van der Waals surface area contributed by atoms with Crippen molar-refractivity contribution >= 4 is 5.91 Å². The highest BCUT2D eigenvalue weighted by molar-refractivity contribution is 5.94. The Morgan fingerprint density at radius 1 is 1.57 bits per heavy atom. The molecular formula is C10H16N2O2. The van der Waals surface area contributed by atoms with Crippen LogP contribution in [0.5, 0.6) is 0 Å². The number of hydrogen-bond donors (Lipinski definition) is 2. The van der Waals surface area contributed by atoms with Crippen molar-refractivity contribution < 1.29 is 9.53 Å². The molecule has 2 rings (SSSR count). The van der Waals surface area contributed by atoms with Crippen LogP contribution in [0.25, 0.3) is 0 Å². The molecule has 2 N–H and O–H groups in total. The minimum Gasteiger partial charge on any atom is -0.379 e. The van der Waals surface area contributed by atoms with Crippen LogP contribution < -0.4 is 10.6 Å². The van der Waals surface area contributed by atoms with E-state index in [1.54, 1.807) is 0 Å². The van der Waals surface area contributed by atoms with Gasteiger partial charge in [-0.25, -0.2) is 0 Å². The SMILES string of the molecule is CC(C(=O)NC1CCOC1)=C1CNC1. The third-order valence-electron chi connectivity index (χ3n) is 2.81. The zero-order valence-electron chi connectivity index (χ0n) is 8.43. The molecule has 1 unspecified atom stereocenters. The van der Waals surface area contributed by atoms with Crippen LogP contribution in [0.4, 0.5) is 0 Å². The van der Waals surface area contributed by atoms with Gasteiger partial charge < -0.3 is 15.4 Å². The predicted octanol–water partition coefficient (Wildman–Crippen LogP) is -0.189. The molecule has 1 amide bonds. The molecule has 14 heavy (non-hydrogen) atoms. The molecule has 2 heterocycles. The third-order valence-corrected chi connectivity index (χ3v) is 2.81. The van der Waals surface area contributed by atoms with Gasteiger partial charge in [0.1, 0.15) is 0 Å². The smallest absolute Gasteiger partial charge is 0.247 e. The number of rotatable bonds is 2. The number of carbonyl (C=O) groups is 1. The van der Waals surface area contributed by atoms with Crippen LogP contribution in [0.3, 0.4) is 0 Å². The lowest BCUT2D eigenvalue weighted by Crippen LogP contribution is -2.40. The van der Waals surface area contributed by atoms with Gasteiger partial charge in [0.2, 0.25) is 5.91 Å². The summed E-state index contributed by atoms with van der Waals surface area (Å²) in [5.41, 5.74) is 2.09. The largest absolute Gasteiger partial charge is 0.379 e. The summed E-state index contributed by atoms with van der Waals surface area (Å²) in [6.45, 7) is 5.04. The van der Waals surface area contributed by atoms with Crippen LogP contribution in [0.15, 0.2) is 11.1 Å². The Labute approximate surface area is 83.7 Å². The van der Waals surface area contributed by atoms with Gasteiger partial charge in [-0.2, -0.15) is 0 Å². The quantitative estimate of drug-likeness (QED) is 0.602. The number of nitrogens with one attached hydrogen (secondary N) is 2. The lowest BCUT2D eigenvalue weighted by molar-refractivity contribution is -0.118. The number of ether oxygens (including phenoxy) is 1. The summed E-state index contributed by atoms with van der Waals surface area (Å²) < 4.78 is 5.20. The van der Waals surface area contributed by atoms with Crippen LogP contribution >= 0.6 is 0 Å². The monoisotopic (exact) mass is 196 g/mol. The summed E-state index contributed by atoms with van der Waals surface area (Å²) in [7, 11) is 0. The van der Waals surface area contributed by atoms with Gasteiger partial charge in [-0.05, 0) is 18.9 Å². The number of amides is 1. The Morgan fingerprint density at radius 2 is 2.36 bits per heavy atom. The summed E-state index contributed by atoms with van der Waals surface area (Å²) in [4.78, 5) is 11.7. The van der Waals surface area contributed by atoms with Gasteiger partial charge in [-0.15, -0.1) is 0 Å². The van der Waals surface area contributed by atoms with Crippen molar-refractivity contribution in [1.29, 1.82) is 0 Å². The van der Waals surface area contributed by atoms with Gasteiger partial charge >= 0.3 is 0 Å². The lowest BCUT2D eigenvalue weighted by Gasteiger charge is -2.22. The first kappa shape index (κ1) is 9.68. The van der Waals surface area contributed by atoms with Gasteiger partial charge in [0, 0.05) is 25.3 Å². The summed E-state index contributed by atoms with van der Waals surface area (Å²) in [6, 6.07) is 0.214. The molecule has 2 aliphatic rings. The van der Waals surface area contributed by atoms with E-state index in [4.69, 9.17) is 4.74 Å². The maximum absolute atomic E-state index is 11.7. The van der Waals surface area contributed by atoms with Crippen LogP contribution in [0.2, 0.25) is 0 Å². The highest BCUT2D eigenvalue weighted by Gasteiger charge is 2.21. The summed E-state index contributed by atoms with van der Waals surface area (Å²) in [6.07, 6.45) is 0.937. The van der Waals surface area contributed by atoms with E-state index < -0.39 is 0 Å². The second-order valence-electron chi connectivity index (χ2n) is 3.87. The first-order valence-corrected chi connectivity index (χ1v) is 5.05. The van der Waals surface area contributed by atoms with E-state index in [1.165, 1.54) is 5.57 Å². The highest BCUT2D eigenvalue weighted by atomic mass is 16.5. The topological polar surface area (TPSA) is 50.4 Å². The van der Waals surface area contributed by atoms with Crippen molar-refractivity contribution in [3.8, 4) is 0 Å². The van der Waals surface area contributed by atoms with Gasteiger partial charge in [0.15, 0.2) is 0 Å². The third kappa shape index (κ3) is 1.96. The molecule has 1 atom stereocenters. The Hall–Kier alpha value is -0.870. The van der Waals surface area contributed by atoms with Crippen LogP contribution in [-0.2, 0) is 9.53 Å². The lowest BCUT2D eigenvalue weighted by atomic mass is 10.0. The molecule has 0 radical (unpaired) electrons. The summed E-state index contributed by atoms with van der Waals surface area (Å²) in [5, 5.41) is 6.11. The summed E-state index contributed by atoms with van der Waals surface area (Å²) >= 11 is 0. The van der Waals surface area contributed by atoms with Crippen molar-refractivity contribution in [3.05, 3.63) is 11.1 Å². The molecule has 4 nitrogen and oxygen atoms in total. The molecule has 0 aromatic rings. The second kappa shape index (κ2) is 4.11. The minimum absolute atomic E-state index is 0.0667. The average molecular weight is 196 g/mol. The molecule has 0 spiro atoms. The fourth-order valence-electron chi connectivity index (χ4n) is 1.62. The Morgan fingerprint density at radius 3 is 2.86 bits per heavy atom. The first-order chi connectivity index (χ1) is 6.77. The fourth-order valence-corrected chi connectivity index (χ4v) is 1.62. The van der Waals surface area contributed by atoms with Crippen molar-refractivity contribution in [2.24, 2.45) is 0 Å². The van der Waals surface area contributed by atoms with E-state index >= 15 is 0 Å². The molecule has 0 aromatic carbocycles. The molecule has 2 fully saturated rings. The molecule has 2 saturated heterocycles. The van der Waals surface area contributed by atoms with Crippen molar-refractivity contribution in [3.63, 3.8) is 0 Å². The van der Waals surface area contributed by atoms with Gasteiger partial charge in [0.05, 0.1) is 12.6 Å². The average Bonchev–Trinajstić information content (AvgIpc) is 2.53. The molecule has 0 saturated carbocycles. The first-order valence-electron chi connectivity index (χ1n) is 5.05. The maximum Gasteiger partial charge on any atom is 0.247 e. The molecule has 0 aromatic heterocycles. The van der Waals surface area contributed by atoms with Crippen molar-refractivity contribution in [1.82, 2.24) is 10.6 Å². The van der Waals surface area contributed by atoms with Crippen molar-refractivity contribution in [2.45, 2.75) is 19.4 Å². The standard InChI is InChI=1S/C10H16N2O2/c1-7(8-4-11-5-8)10(13)12-9-2-3-14-6-9/h9,11H,2-6H2,1H3,(H,12,13). The summed E-state index contributed by atoms with van der Waals surface area (Å²) in [5.74, 6) is 0.0667. The van der Waals surface area contributed by atoms with E-state index in [1.807, 2.05) is 6.92 Å². The molecule has 0 aliphatic carbocycles. The van der Waals surface area contributed by atoms with Crippen LogP contribution in [0.1, 0.15) is 13.3 Å². The van der Waals surface area contributed by atoms with Crippen molar-refractivity contribution in [2.75, 3.05) is 26.3 Å². The van der Waals surface area contributed by atoms with E-state index in [9.17, 15) is 4.79 Å². The maximum atomic E-state index is 11.7. The molecule has 2 aliphatic heterocycles. The van der Waals surface area contributed by atoms with E-state index in [-0.39, 0.29) is 11.9 Å². The Balaban J connectivity index is 1.88. The minimum atomic E-state index is 0.0667. The fraction of sp³-hybridized carbons (Fsp3) is 0.700. The normalized spacial score (nSPS) is 25.8.